The number of H-pyrrole nitrogens is 1. The first-order valence-corrected chi connectivity index (χ1v) is 13.0. The van der Waals surface area contributed by atoms with E-state index in [4.69, 9.17) is 32.7 Å². The van der Waals surface area contributed by atoms with Gasteiger partial charge in [-0.3, -0.25) is 14.4 Å². The summed E-state index contributed by atoms with van der Waals surface area (Å²) in [6, 6.07) is 12.3. The van der Waals surface area contributed by atoms with Crippen molar-refractivity contribution in [1.29, 1.82) is 0 Å². The molecular weight excluding hydrogens is 571 g/mol. The lowest BCUT2D eigenvalue weighted by molar-refractivity contribution is -0.122. The summed E-state index contributed by atoms with van der Waals surface area (Å²) in [6.45, 7) is 1.13. The van der Waals surface area contributed by atoms with Gasteiger partial charge in [-0.2, -0.15) is 4.98 Å². The first kappa shape index (κ1) is 29.4. The first-order valence-electron chi connectivity index (χ1n) is 12.2. The molecule has 0 saturated heterocycles. The van der Waals surface area contributed by atoms with E-state index in [0.717, 1.165) is 5.52 Å². The number of fused-ring (bicyclic) bond motifs is 1. The fourth-order valence-electron chi connectivity index (χ4n) is 3.73. The van der Waals surface area contributed by atoms with Crippen LogP contribution in [0.3, 0.4) is 0 Å². The Bertz CT molecular complexity index is 1620. The van der Waals surface area contributed by atoms with Crippen LogP contribution in [0, 0.1) is 0 Å². The SMILES string of the molecule is COc1nc2c(OCc3c(Cl)ccc(N(C)C(=O)CNC(=O)/C=C/c4ccc(NC(C)=O)nc4)c3Cl)cccc2[nH]1. The van der Waals surface area contributed by atoms with Crippen molar-refractivity contribution in [2.75, 3.05) is 30.9 Å². The third kappa shape index (κ3) is 7.33. The molecule has 212 valence electrons. The van der Waals surface area contributed by atoms with Crippen LogP contribution in [0.2, 0.25) is 10.0 Å². The van der Waals surface area contributed by atoms with Gasteiger partial charge < -0.3 is 30.0 Å². The lowest BCUT2D eigenvalue weighted by atomic mass is 10.2. The van der Waals surface area contributed by atoms with Gasteiger partial charge in [0.2, 0.25) is 17.7 Å². The fraction of sp³-hybridized carbons (Fsp3) is 0.179. The highest BCUT2D eigenvalue weighted by Crippen LogP contribution is 2.35. The van der Waals surface area contributed by atoms with Crippen molar-refractivity contribution in [1.82, 2.24) is 20.3 Å². The number of nitrogens with one attached hydrogen (secondary N) is 3. The number of aromatic nitrogens is 3. The third-order valence-electron chi connectivity index (χ3n) is 5.85. The minimum absolute atomic E-state index is 0.0179. The number of methoxy groups -OCH3 is 1. The highest BCUT2D eigenvalue weighted by Gasteiger charge is 2.19. The standard InChI is InChI=1S/C28H26Cl2N6O5/c1-16(37)33-23-11-7-17(13-31-23)8-12-24(38)32-14-25(39)36(2)21-10-9-19(29)18(26(21)30)15-41-22-6-4-5-20-27(22)35-28(34-20)40-3/h4-13H,14-15H2,1-3H3,(H,32,38)(H,34,35)(H,31,33,37)/b12-8+. The second-order valence-electron chi connectivity index (χ2n) is 8.71. The summed E-state index contributed by atoms with van der Waals surface area (Å²) in [5, 5.41) is 5.71. The van der Waals surface area contributed by atoms with Gasteiger partial charge in [-0.25, -0.2) is 4.98 Å². The topological polar surface area (TPSA) is 139 Å². The zero-order chi connectivity index (χ0) is 29.5. The predicted molar refractivity (Wildman–Crippen MR) is 157 cm³/mol. The third-order valence-corrected chi connectivity index (χ3v) is 6.63. The largest absolute Gasteiger partial charge is 0.486 e. The van der Waals surface area contributed by atoms with Gasteiger partial charge >= 0.3 is 0 Å². The number of anilines is 2. The van der Waals surface area contributed by atoms with Gasteiger partial charge in [0.1, 0.15) is 23.7 Å². The van der Waals surface area contributed by atoms with Crippen LogP contribution >= 0.6 is 23.2 Å². The molecule has 0 aliphatic carbocycles. The maximum absolute atomic E-state index is 12.8. The molecule has 11 nitrogen and oxygen atoms in total. The van der Waals surface area contributed by atoms with Gasteiger partial charge in [-0.15, -0.1) is 0 Å². The number of hydrogen-bond acceptors (Lipinski definition) is 7. The van der Waals surface area contributed by atoms with Crippen LogP contribution in [0.15, 0.2) is 54.7 Å². The number of halogens is 2. The number of ether oxygens (including phenoxy) is 2. The van der Waals surface area contributed by atoms with Crippen molar-refractivity contribution in [2.45, 2.75) is 13.5 Å². The summed E-state index contributed by atoms with van der Waals surface area (Å²) >= 11 is 13.1. The number of hydrogen-bond donors (Lipinski definition) is 3. The van der Waals surface area contributed by atoms with Gasteiger partial charge in [0.15, 0.2) is 0 Å². The molecule has 3 N–H and O–H groups in total. The molecule has 0 spiro atoms. The van der Waals surface area contributed by atoms with Gasteiger partial charge in [-0.1, -0.05) is 29.3 Å². The van der Waals surface area contributed by atoms with E-state index >= 15 is 0 Å². The summed E-state index contributed by atoms with van der Waals surface area (Å²) < 4.78 is 11.1. The van der Waals surface area contributed by atoms with Crippen LogP contribution in [0.4, 0.5) is 11.5 Å². The number of likely N-dealkylation sites (N-methyl/N-ethyl adjacent to an activating group) is 1. The van der Waals surface area contributed by atoms with Crippen LogP contribution in [-0.2, 0) is 21.0 Å². The number of amides is 3. The number of rotatable bonds is 10. The number of benzene rings is 2. The molecule has 0 unspecified atom stereocenters. The van der Waals surface area contributed by atoms with Crippen LogP contribution in [0.1, 0.15) is 18.1 Å². The second kappa shape index (κ2) is 13.2. The van der Waals surface area contributed by atoms with Crippen molar-refractivity contribution in [3.8, 4) is 11.8 Å². The number of para-hydroxylation sites is 1. The van der Waals surface area contributed by atoms with Crippen molar-refractivity contribution >= 4 is 69.5 Å². The number of carbonyl (C=O) groups excluding carboxylic acids is 3. The molecule has 41 heavy (non-hydrogen) atoms. The van der Waals surface area contributed by atoms with E-state index in [1.807, 2.05) is 12.1 Å². The molecule has 2 heterocycles. The van der Waals surface area contributed by atoms with E-state index < -0.39 is 11.8 Å². The quantitative estimate of drug-likeness (QED) is 0.227. The summed E-state index contributed by atoms with van der Waals surface area (Å²) in [5.41, 5.74) is 2.85. The Kier molecular flexibility index (Phi) is 9.43. The van der Waals surface area contributed by atoms with E-state index in [9.17, 15) is 14.4 Å². The lowest BCUT2D eigenvalue weighted by Crippen LogP contribution is -2.37. The molecular formula is C28H26Cl2N6O5. The van der Waals surface area contributed by atoms with Gasteiger partial charge in [0, 0.05) is 36.8 Å². The molecule has 0 radical (unpaired) electrons. The van der Waals surface area contributed by atoms with E-state index in [-0.39, 0.29) is 24.1 Å². The summed E-state index contributed by atoms with van der Waals surface area (Å²) in [5.74, 6) is -0.211. The van der Waals surface area contributed by atoms with Gasteiger partial charge in [0.05, 0.1) is 29.9 Å². The number of pyridine rings is 1. The van der Waals surface area contributed by atoms with Crippen molar-refractivity contribution < 1.29 is 23.9 Å². The molecule has 13 heteroatoms. The Labute approximate surface area is 245 Å². The van der Waals surface area contributed by atoms with Crippen molar-refractivity contribution in [3.05, 3.63) is 75.9 Å². The molecule has 0 aliphatic heterocycles. The Morgan fingerprint density at radius 2 is 1.93 bits per heavy atom. The van der Waals surface area contributed by atoms with Gasteiger partial charge in [0.25, 0.3) is 6.01 Å². The molecule has 2 aromatic carbocycles. The Morgan fingerprint density at radius 3 is 2.63 bits per heavy atom. The Balaban J connectivity index is 1.37. The molecule has 3 amide bonds. The van der Waals surface area contributed by atoms with E-state index in [1.165, 1.54) is 37.3 Å². The maximum atomic E-state index is 12.8. The first-order chi connectivity index (χ1) is 19.7. The molecule has 4 aromatic rings. The zero-order valence-electron chi connectivity index (χ0n) is 22.3. The highest BCUT2D eigenvalue weighted by atomic mass is 35.5. The summed E-state index contributed by atoms with van der Waals surface area (Å²) in [7, 11) is 3.06. The second-order valence-corrected chi connectivity index (χ2v) is 9.49. The Morgan fingerprint density at radius 1 is 1.12 bits per heavy atom. The van der Waals surface area contributed by atoms with Crippen LogP contribution in [0.5, 0.6) is 11.8 Å². The van der Waals surface area contributed by atoms with Crippen molar-refractivity contribution in [2.24, 2.45) is 0 Å². The normalized spacial score (nSPS) is 11.0. The number of imidazole rings is 1. The molecule has 4 rings (SSSR count). The zero-order valence-corrected chi connectivity index (χ0v) is 23.8. The molecule has 0 atom stereocenters. The average Bonchev–Trinajstić information content (AvgIpc) is 3.39. The fourth-order valence-corrected chi connectivity index (χ4v) is 4.33. The number of aromatic amines is 1. The molecule has 0 fully saturated rings. The minimum atomic E-state index is -0.474. The smallest absolute Gasteiger partial charge is 0.294 e. The Hall–Kier alpha value is -4.61. The highest BCUT2D eigenvalue weighted by molar-refractivity contribution is 6.38. The van der Waals surface area contributed by atoms with Crippen LogP contribution < -0.4 is 25.0 Å². The lowest BCUT2D eigenvalue weighted by Gasteiger charge is -2.21. The summed E-state index contributed by atoms with van der Waals surface area (Å²) in [6.07, 6.45) is 4.32. The van der Waals surface area contributed by atoms with E-state index in [1.54, 1.807) is 37.4 Å². The van der Waals surface area contributed by atoms with Crippen molar-refractivity contribution in [3.63, 3.8) is 0 Å². The molecule has 0 aliphatic rings. The molecule has 2 aromatic heterocycles. The van der Waals surface area contributed by atoms with Crippen LogP contribution in [0.25, 0.3) is 17.1 Å². The number of nitrogens with zero attached hydrogens (tertiary/aromatic N) is 3. The predicted octanol–water partition coefficient (Wildman–Crippen LogP) is 4.60. The average molecular weight is 597 g/mol. The monoisotopic (exact) mass is 596 g/mol. The molecule has 0 bridgehead atoms. The molecule has 0 saturated carbocycles. The minimum Gasteiger partial charge on any atom is -0.486 e. The van der Waals surface area contributed by atoms with Crippen LogP contribution in [-0.4, -0.2) is 53.4 Å². The maximum Gasteiger partial charge on any atom is 0.294 e. The summed E-state index contributed by atoms with van der Waals surface area (Å²) in [4.78, 5) is 49.0. The van der Waals surface area contributed by atoms with E-state index in [0.29, 0.717) is 44.9 Å². The number of carbonyl (C=O) groups is 3. The van der Waals surface area contributed by atoms with E-state index in [2.05, 4.69) is 25.6 Å². The van der Waals surface area contributed by atoms with Gasteiger partial charge in [-0.05, 0) is 48.0 Å².